The summed E-state index contributed by atoms with van der Waals surface area (Å²) in [4.78, 5) is 0. The molecule has 2 aliphatic heterocycles. The van der Waals surface area contributed by atoms with E-state index in [1.54, 1.807) is 6.26 Å². The summed E-state index contributed by atoms with van der Waals surface area (Å²) in [5.41, 5.74) is 5.22. The Hall–Kier alpha value is -4.64. The Morgan fingerprint density at radius 1 is 0.446 bits per heavy atom. The minimum absolute atomic E-state index is 0.224. The van der Waals surface area contributed by atoms with Gasteiger partial charge >= 0.3 is 0 Å². The molecule has 7 rings (SSSR count). The molecule has 1 fully saturated rings. The van der Waals surface area contributed by atoms with E-state index in [-0.39, 0.29) is 12.7 Å². The van der Waals surface area contributed by atoms with Gasteiger partial charge < -0.3 is 37.9 Å². The SMILES string of the molecule is CCC1OC=CC(O[C@@H]2OC(COCc3ccccc3)[C@@H](OCc3ccccc3)[C@@H](OCc3ccccc3)C2OCc2ccccc2)C1OCc1ccccc1. The zero-order valence-electron chi connectivity index (χ0n) is 31.9. The minimum Gasteiger partial charge on any atom is -0.495 e. The Morgan fingerprint density at radius 2 is 0.857 bits per heavy atom. The van der Waals surface area contributed by atoms with E-state index < -0.39 is 42.9 Å². The Labute approximate surface area is 330 Å². The van der Waals surface area contributed by atoms with Crippen molar-refractivity contribution in [2.24, 2.45) is 0 Å². The third kappa shape index (κ3) is 11.2. The molecule has 5 aromatic carbocycles. The second-order valence-corrected chi connectivity index (χ2v) is 14.1. The summed E-state index contributed by atoms with van der Waals surface area (Å²) in [6, 6.07) is 50.6. The maximum Gasteiger partial charge on any atom is 0.187 e. The molecule has 8 heteroatoms. The second kappa shape index (κ2) is 21.0. The standard InChI is InChI=1S/C48H52O8/c1-2-41-44(51-31-37-20-10-4-11-21-37)42(28-29-50-41)55-48-47(54-34-40-26-16-7-17-27-40)46(53-33-39-24-14-6-15-25-39)45(52-32-38-22-12-5-13-23-38)43(56-48)35-49-30-36-18-8-3-9-19-36/h3-29,41-48H,2,30-35H2,1H3/t41?,42?,43?,44?,45-,46-,47?,48-/m1/s1. The molecule has 8 nitrogen and oxygen atoms in total. The molecule has 0 radical (unpaired) electrons. The van der Waals surface area contributed by atoms with Crippen molar-refractivity contribution in [3.63, 3.8) is 0 Å². The lowest BCUT2D eigenvalue weighted by Gasteiger charge is -2.47. The molecule has 0 bridgehead atoms. The van der Waals surface area contributed by atoms with Gasteiger partial charge in [-0.3, -0.25) is 0 Å². The monoisotopic (exact) mass is 756 g/mol. The van der Waals surface area contributed by atoms with Crippen molar-refractivity contribution in [1.29, 1.82) is 0 Å². The van der Waals surface area contributed by atoms with Gasteiger partial charge in [0, 0.05) is 0 Å². The van der Waals surface area contributed by atoms with Crippen molar-refractivity contribution in [2.75, 3.05) is 6.61 Å². The fraction of sp³-hybridized carbons (Fsp3) is 0.333. The lowest BCUT2D eigenvalue weighted by molar-refractivity contribution is -0.340. The van der Waals surface area contributed by atoms with Gasteiger partial charge in [0.15, 0.2) is 6.29 Å². The molecule has 1 saturated heterocycles. The van der Waals surface area contributed by atoms with Gasteiger partial charge in [0.1, 0.15) is 42.7 Å². The first-order valence-electron chi connectivity index (χ1n) is 19.6. The fourth-order valence-electron chi connectivity index (χ4n) is 7.05. The molecule has 0 aliphatic carbocycles. The summed E-state index contributed by atoms with van der Waals surface area (Å²) in [6.45, 7) is 4.15. The quantitative estimate of drug-likeness (QED) is 0.0828. The van der Waals surface area contributed by atoms with Crippen LogP contribution in [0.3, 0.4) is 0 Å². The van der Waals surface area contributed by atoms with Crippen molar-refractivity contribution in [1.82, 2.24) is 0 Å². The van der Waals surface area contributed by atoms with E-state index in [1.807, 2.05) is 121 Å². The summed E-state index contributed by atoms with van der Waals surface area (Å²) in [7, 11) is 0. The predicted molar refractivity (Wildman–Crippen MR) is 214 cm³/mol. The summed E-state index contributed by atoms with van der Waals surface area (Å²) >= 11 is 0. The van der Waals surface area contributed by atoms with Crippen molar-refractivity contribution < 1.29 is 37.9 Å². The third-order valence-corrected chi connectivity index (χ3v) is 10.0. The highest BCUT2D eigenvalue weighted by Crippen LogP contribution is 2.34. The average molecular weight is 757 g/mol. The van der Waals surface area contributed by atoms with E-state index in [0.29, 0.717) is 33.0 Å². The second-order valence-electron chi connectivity index (χ2n) is 14.1. The molecule has 0 N–H and O–H groups in total. The first-order chi connectivity index (χ1) is 27.7. The Morgan fingerprint density at radius 3 is 1.32 bits per heavy atom. The number of hydrogen-bond donors (Lipinski definition) is 0. The van der Waals surface area contributed by atoms with Crippen LogP contribution in [0.15, 0.2) is 164 Å². The van der Waals surface area contributed by atoms with Gasteiger partial charge in [-0.15, -0.1) is 0 Å². The van der Waals surface area contributed by atoms with Crippen LogP contribution >= 0.6 is 0 Å². The molecule has 8 atom stereocenters. The van der Waals surface area contributed by atoms with Gasteiger partial charge in [0.25, 0.3) is 0 Å². The number of rotatable bonds is 19. The van der Waals surface area contributed by atoms with E-state index >= 15 is 0 Å². The van der Waals surface area contributed by atoms with Crippen LogP contribution in [0.25, 0.3) is 0 Å². The highest BCUT2D eigenvalue weighted by Gasteiger charge is 2.50. The first-order valence-corrected chi connectivity index (χ1v) is 19.6. The lowest BCUT2D eigenvalue weighted by Crippen LogP contribution is -2.63. The highest BCUT2D eigenvalue weighted by atomic mass is 16.7. The van der Waals surface area contributed by atoms with Crippen LogP contribution < -0.4 is 0 Å². The molecule has 56 heavy (non-hydrogen) atoms. The van der Waals surface area contributed by atoms with Crippen molar-refractivity contribution in [2.45, 2.75) is 95.4 Å². The fourth-order valence-corrected chi connectivity index (χ4v) is 7.05. The maximum absolute atomic E-state index is 7.02. The van der Waals surface area contributed by atoms with Crippen LogP contribution in [0.4, 0.5) is 0 Å². The zero-order valence-corrected chi connectivity index (χ0v) is 31.9. The molecule has 292 valence electrons. The minimum atomic E-state index is -0.880. The van der Waals surface area contributed by atoms with Crippen molar-refractivity contribution >= 4 is 0 Å². The van der Waals surface area contributed by atoms with Crippen LogP contribution in [0.5, 0.6) is 0 Å². The molecule has 0 aromatic heterocycles. The zero-order chi connectivity index (χ0) is 38.2. The van der Waals surface area contributed by atoms with Gasteiger partial charge in [0.2, 0.25) is 0 Å². The van der Waals surface area contributed by atoms with Crippen LogP contribution in [0.1, 0.15) is 41.2 Å². The van der Waals surface area contributed by atoms with Gasteiger partial charge in [0.05, 0.1) is 45.9 Å². The Bertz CT molecular complexity index is 1840. The average Bonchev–Trinajstić information content (AvgIpc) is 3.26. The smallest absolute Gasteiger partial charge is 0.187 e. The van der Waals surface area contributed by atoms with Crippen molar-refractivity contribution in [3.8, 4) is 0 Å². The van der Waals surface area contributed by atoms with E-state index in [1.165, 1.54) is 0 Å². The topological polar surface area (TPSA) is 73.8 Å². The van der Waals surface area contributed by atoms with Crippen LogP contribution in [-0.4, -0.2) is 55.6 Å². The predicted octanol–water partition coefficient (Wildman–Crippen LogP) is 8.98. The molecule has 0 spiro atoms. The summed E-state index contributed by atoms with van der Waals surface area (Å²) in [6.07, 6.45) is -0.132. The molecular weight excluding hydrogens is 705 g/mol. The molecule has 0 amide bonds. The van der Waals surface area contributed by atoms with E-state index in [0.717, 1.165) is 34.2 Å². The van der Waals surface area contributed by atoms with E-state index in [4.69, 9.17) is 37.9 Å². The number of benzene rings is 5. The Kier molecular flexibility index (Phi) is 14.9. The number of ether oxygens (including phenoxy) is 8. The van der Waals surface area contributed by atoms with Crippen LogP contribution in [-0.2, 0) is 70.9 Å². The molecule has 5 aromatic rings. The van der Waals surface area contributed by atoms with Gasteiger partial charge in [-0.25, -0.2) is 0 Å². The lowest BCUT2D eigenvalue weighted by atomic mass is 9.97. The summed E-state index contributed by atoms with van der Waals surface area (Å²) < 4.78 is 53.7. The maximum atomic E-state index is 7.02. The van der Waals surface area contributed by atoms with Gasteiger partial charge in [-0.1, -0.05) is 159 Å². The number of hydrogen-bond acceptors (Lipinski definition) is 8. The highest BCUT2D eigenvalue weighted by molar-refractivity contribution is 5.17. The van der Waals surface area contributed by atoms with Gasteiger partial charge in [-0.05, 0) is 40.3 Å². The molecule has 0 saturated carbocycles. The van der Waals surface area contributed by atoms with Gasteiger partial charge in [-0.2, -0.15) is 0 Å². The largest absolute Gasteiger partial charge is 0.495 e. The summed E-state index contributed by atoms with van der Waals surface area (Å²) in [5.74, 6) is 0. The molecule has 5 unspecified atom stereocenters. The normalized spacial score (nSPS) is 24.7. The van der Waals surface area contributed by atoms with Crippen LogP contribution in [0.2, 0.25) is 0 Å². The summed E-state index contributed by atoms with van der Waals surface area (Å²) in [5, 5.41) is 0. The molecule has 2 heterocycles. The first kappa shape index (κ1) is 39.6. The molecular formula is C48H52O8. The van der Waals surface area contributed by atoms with E-state index in [2.05, 4.69) is 43.3 Å². The third-order valence-electron chi connectivity index (χ3n) is 10.0. The molecule has 2 aliphatic rings. The van der Waals surface area contributed by atoms with Crippen molar-refractivity contribution in [3.05, 3.63) is 192 Å². The van der Waals surface area contributed by atoms with E-state index in [9.17, 15) is 0 Å². The Balaban J connectivity index is 1.21. The van der Waals surface area contributed by atoms with Crippen LogP contribution in [0, 0.1) is 0 Å².